The molecule has 0 unspecified atom stereocenters. The molecule has 0 bridgehead atoms. The van der Waals surface area contributed by atoms with E-state index in [0.29, 0.717) is 5.02 Å². The molecule has 0 saturated heterocycles. The summed E-state index contributed by atoms with van der Waals surface area (Å²) in [5, 5.41) is 0.631. The minimum Gasteiger partial charge on any atom is -0.497 e. The zero-order valence-corrected chi connectivity index (χ0v) is 15.4. The van der Waals surface area contributed by atoms with Gasteiger partial charge in [-0.3, -0.25) is 9.97 Å². The zero-order chi connectivity index (χ0) is 18.6. The van der Waals surface area contributed by atoms with Crippen LogP contribution in [-0.2, 0) is 0 Å². The molecule has 0 N–H and O–H groups in total. The minimum atomic E-state index is 0.631. The van der Waals surface area contributed by atoms with Crippen molar-refractivity contribution >= 4 is 11.6 Å². The van der Waals surface area contributed by atoms with Crippen LogP contribution in [0.4, 0.5) is 0 Å². The van der Waals surface area contributed by atoms with Gasteiger partial charge in [0.25, 0.3) is 0 Å². The predicted octanol–water partition coefficient (Wildman–Crippen LogP) is 5.53. The van der Waals surface area contributed by atoms with Gasteiger partial charge < -0.3 is 4.74 Å². The Morgan fingerprint density at radius 1 is 0.704 bits per heavy atom. The van der Waals surface area contributed by atoms with Crippen molar-refractivity contribution in [2.75, 3.05) is 7.11 Å². The van der Waals surface area contributed by atoms with Gasteiger partial charge in [-0.25, -0.2) is 4.98 Å². The van der Waals surface area contributed by atoms with E-state index >= 15 is 0 Å². The lowest BCUT2D eigenvalue weighted by Gasteiger charge is -2.07. The van der Waals surface area contributed by atoms with Gasteiger partial charge in [-0.2, -0.15) is 0 Å². The molecular formula is C22H16ClN3O. The van der Waals surface area contributed by atoms with Crippen molar-refractivity contribution < 1.29 is 4.74 Å². The summed E-state index contributed by atoms with van der Waals surface area (Å²) in [6.45, 7) is 0. The maximum absolute atomic E-state index is 6.07. The summed E-state index contributed by atoms with van der Waals surface area (Å²) in [6.07, 6.45) is 3.47. The number of hydrogen-bond acceptors (Lipinski definition) is 4. The maximum atomic E-state index is 6.07. The highest BCUT2D eigenvalue weighted by Crippen LogP contribution is 2.27. The quantitative estimate of drug-likeness (QED) is 0.471. The second kappa shape index (κ2) is 7.56. The predicted molar refractivity (Wildman–Crippen MR) is 108 cm³/mol. The molecule has 5 heteroatoms. The van der Waals surface area contributed by atoms with E-state index in [2.05, 4.69) is 9.97 Å². The normalized spacial score (nSPS) is 10.6. The molecule has 132 valence electrons. The molecule has 27 heavy (non-hydrogen) atoms. The Labute approximate surface area is 162 Å². The lowest BCUT2D eigenvalue weighted by atomic mass is 10.0. The molecule has 4 aromatic rings. The van der Waals surface area contributed by atoms with Crippen LogP contribution in [0, 0.1) is 0 Å². The number of hydrogen-bond donors (Lipinski definition) is 0. The Balaban J connectivity index is 1.70. The van der Waals surface area contributed by atoms with Crippen LogP contribution in [0.2, 0.25) is 5.02 Å². The van der Waals surface area contributed by atoms with E-state index in [9.17, 15) is 0 Å². The molecular weight excluding hydrogens is 358 g/mol. The van der Waals surface area contributed by atoms with Crippen LogP contribution in [0.1, 0.15) is 0 Å². The standard InChI is InChI=1S/C22H16ClN3O/c1-27-18-7-5-15(6-8-18)16-9-11-24-21(13-16)19-3-2-4-20(26-19)22-14-17(23)10-12-25-22/h2-14H,1H3. The number of rotatable bonds is 4. The van der Waals surface area contributed by atoms with Crippen LogP contribution in [-0.4, -0.2) is 22.1 Å². The van der Waals surface area contributed by atoms with E-state index < -0.39 is 0 Å². The lowest BCUT2D eigenvalue weighted by Crippen LogP contribution is -1.92. The molecule has 0 aliphatic carbocycles. The van der Waals surface area contributed by atoms with Gasteiger partial charge in [0.05, 0.1) is 29.9 Å². The summed E-state index contributed by atoms with van der Waals surface area (Å²) < 4.78 is 5.22. The molecule has 0 atom stereocenters. The fourth-order valence-electron chi connectivity index (χ4n) is 2.80. The highest BCUT2D eigenvalue weighted by Gasteiger charge is 2.08. The first kappa shape index (κ1) is 17.2. The minimum absolute atomic E-state index is 0.631. The van der Waals surface area contributed by atoms with Crippen molar-refractivity contribution in [3.8, 4) is 39.7 Å². The fourth-order valence-corrected chi connectivity index (χ4v) is 2.96. The Hall–Kier alpha value is -3.24. The number of benzene rings is 1. The van der Waals surface area contributed by atoms with Crippen molar-refractivity contribution in [1.29, 1.82) is 0 Å². The number of nitrogens with zero attached hydrogens (tertiary/aromatic N) is 3. The van der Waals surface area contributed by atoms with Gasteiger partial charge in [0.1, 0.15) is 5.75 Å². The molecule has 0 aliphatic heterocycles. The average Bonchev–Trinajstić information content (AvgIpc) is 2.74. The van der Waals surface area contributed by atoms with E-state index in [1.165, 1.54) is 0 Å². The summed E-state index contributed by atoms with van der Waals surface area (Å²) in [4.78, 5) is 13.5. The topological polar surface area (TPSA) is 47.9 Å². The average molecular weight is 374 g/mol. The number of pyridine rings is 3. The first-order valence-electron chi connectivity index (χ1n) is 8.43. The maximum Gasteiger partial charge on any atom is 0.118 e. The molecule has 1 aromatic carbocycles. The number of aromatic nitrogens is 3. The second-order valence-corrected chi connectivity index (χ2v) is 6.36. The number of halogens is 1. The second-order valence-electron chi connectivity index (χ2n) is 5.93. The molecule has 0 radical (unpaired) electrons. The van der Waals surface area contributed by atoms with Crippen LogP contribution >= 0.6 is 11.6 Å². The number of methoxy groups -OCH3 is 1. The van der Waals surface area contributed by atoms with E-state index in [4.69, 9.17) is 21.3 Å². The van der Waals surface area contributed by atoms with Crippen molar-refractivity contribution in [1.82, 2.24) is 15.0 Å². The van der Waals surface area contributed by atoms with Crippen molar-refractivity contribution in [2.24, 2.45) is 0 Å². The van der Waals surface area contributed by atoms with Gasteiger partial charge in [-0.1, -0.05) is 29.8 Å². The lowest BCUT2D eigenvalue weighted by molar-refractivity contribution is 0.415. The molecule has 4 nitrogen and oxygen atoms in total. The van der Waals surface area contributed by atoms with E-state index in [0.717, 1.165) is 39.7 Å². The summed E-state index contributed by atoms with van der Waals surface area (Å²) >= 11 is 6.07. The molecule has 3 heterocycles. The third-order valence-electron chi connectivity index (χ3n) is 4.18. The Morgan fingerprint density at radius 2 is 1.37 bits per heavy atom. The largest absolute Gasteiger partial charge is 0.497 e. The fraction of sp³-hybridized carbons (Fsp3) is 0.0455. The molecule has 4 rings (SSSR count). The molecule has 0 spiro atoms. The van der Waals surface area contributed by atoms with Gasteiger partial charge in [-0.15, -0.1) is 0 Å². The van der Waals surface area contributed by atoms with Gasteiger partial charge >= 0.3 is 0 Å². The summed E-state index contributed by atoms with van der Waals surface area (Å²) in [5.74, 6) is 0.830. The van der Waals surface area contributed by atoms with Crippen LogP contribution in [0.25, 0.3) is 33.9 Å². The first-order valence-corrected chi connectivity index (χ1v) is 8.80. The van der Waals surface area contributed by atoms with E-state index in [1.807, 2.05) is 54.6 Å². The SMILES string of the molecule is COc1ccc(-c2ccnc(-c3cccc(-c4cc(Cl)ccn4)n3)c2)cc1. The smallest absolute Gasteiger partial charge is 0.118 e. The molecule has 0 saturated carbocycles. The molecule has 0 fully saturated rings. The summed E-state index contributed by atoms with van der Waals surface area (Å²) in [7, 11) is 1.66. The third kappa shape index (κ3) is 3.81. The van der Waals surface area contributed by atoms with Crippen LogP contribution in [0.15, 0.2) is 79.1 Å². The van der Waals surface area contributed by atoms with Crippen molar-refractivity contribution in [2.45, 2.75) is 0 Å². The van der Waals surface area contributed by atoms with Crippen LogP contribution in [0.5, 0.6) is 5.75 Å². The highest BCUT2D eigenvalue weighted by molar-refractivity contribution is 6.30. The van der Waals surface area contributed by atoms with Crippen molar-refractivity contribution in [3.05, 3.63) is 84.1 Å². The Kier molecular flexibility index (Phi) is 4.81. The van der Waals surface area contributed by atoms with E-state index in [1.54, 1.807) is 31.6 Å². The Morgan fingerprint density at radius 3 is 2.04 bits per heavy atom. The van der Waals surface area contributed by atoms with Gasteiger partial charge in [-0.05, 0) is 59.7 Å². The first-order chi connectivity index (χ1) is 13.2. The van der Waals surface area contributed by atoms with E-state index in [-0.39, 0.29) is 0 Å². The molecule has 0 amide bonds. The van der Waals surface area contributed by atoms with Gasteiger partial charge in [0.2, 0.25) is 0 Å². The highest BCUT2D eigenvalue weighted by atomic mass is 35.5. The zero-order valence-electron chi connectivity index (χ0n) is 14.6. The van der Waals surface area contributed by atoms with Crippen LogP contribution < -0.4 is 4.74 Å². The summed E-state index contributed by atoms with van der Waals surface area (Å²) in [5.41, 5.74) is 5.22. The van der Waals surface area contributed by atoms with Crippen molar-refractivity contribution in [3.63, 3.8) is 0 Å². The van der Waals surface area contributed by atoms with Gasteiger partial charge in [0.15, 0.2) is 0 Å². The molecule has 0 aliphatic rings. The Bertz CT molecular complexity index is 1080. The molecule has 3 aromatic heterocycles. The third-order valence-corrected chi connectivity index (χ3v) is 4.41. The summed E-state index contributed by atoms with van der Waals surface area (Å²) in [6, 6.07) is 21.3. The van der Waals surface area contributed by atoms with Crippen LogP contribution in [0.3, 0.4) is 0 Å². The van der Waals surface area contributed by atoms with Gasteiger partial charge in [0, 0.05) is 17.4 Å². The number of ether oxygens (including phenoxy) is 1. The monoisotopic (exact) mass is 373 g/mol.